The zero-order valence-electron chi connectivity index (χ0n) is 10.3. The van der Waals surface area contributed by atoms with E-state index in [2.05, 4.69) is 27.6 Å². The van der Waals surface area contributed by atoms with Crippen molar-refractivity contribution in [3.8, 4) is 0 Å². The van der Waals surface area contributed by atoms with Crippen LogP contribution in [0.15, 0.2) is 36.0 Å². The van der Waals surface area contributed by atoms with E-state index >= 15 is 0 Å². The Morgan fingerprint density at radius 2 is 2.21 bits per heavy atom. The predicted octanol–water partition coefficient (Wildman–Crippen LogP) is 3.73. The molecule has 98 valence electrons. The van der Waals surface area contributed by atoms with Gasteiger partial charge < -0.3 is 4.90 Å². The summed E-state index contributed by atoms with van der Waals surface area (Å²) in [5, 5.41) is 1.95. The van der Waals surface area contributed by atoms with E-state index in [1.807, 2.05) is 28.5 Å². The van der Waals surface area contributed by atoms with Crippen molar-refractivity contribution >= 4 is 39.8 Å². The van der Waals surface area contributed by atoms with Crippen molar-refractivity contribution in [1.82, 2.24) is 9.88 Å². The van der Waals surface area contributed by atoms with Gasteiger partial charge in [0.25, 0.3) is 5.91 Å². The minimum atomic E-state index is 0.151. The molecule has 2 aromatic heterocycles. The van der Waals surface area contributed by atoms with E-state index in [1.54, 1.807) is 23.7 Å². The third-order valence-electron chi connectivity index (χ3n) is 3.42. The van der Waals surface area contributed by atoms with Gasteiger partial charge in [-0.3, -0.25) is 9.78 Å². The number of pyridine rings is 1. The number of nitrogens with zero attached hydrogens (tertiary/aromatic N) is 2. The maximum Gasteiger partial charge on any atom is 0.255 e. The lowest BCUT2D eigenvalue weighted by Crippen LogP contribution is -2.30. The van der Waals surface area contributed by atoms with E-state index in [1.165, 1.54) is 5.56 Å². The zero-order chi connectivity index (χ0) is 13.2. The lowest BCUT2D eigenvalue weighted by atomic mass is 10.1. The molecule has 0 bridgehead atoms. The van der Waals surface area contributed by atoms with Crippen LogP contribution in [0, 0.1) is 2.88 Å². The summed E-state index contributed by atoms with van der Waals surface area (Å²) in [6.07, 6.45) is 5.70. The fraction of sp³-hybridized carbons (Fsp3) is 0.286. The maximum absolute atomic E-state index is 12.6. The Balaban J connectivity index is 1.86. The number of halogens is 1. The summed E-state index contributed by atoms with van der Waals surface area (Å²) in [4.78, 5) is 18.6. The molecule has 3 heterocycles. The molecule has 0 spiro atoms. The molecule has 0 saturated carbocycles. The zero-order valence-corrected chi connectivity index (χ0v) is 13.2. The first-order valence-electron chi connectivity index (χ1n) is 6.20. The SMILES string of the molecule is O=C(c1csc(I)c1)N1CCCC1c1ccncc1. The van der Waals surface area contributed by atoms with Crippen molar-refractivity contribution in [3.63, 3.8) is 0 Å². The molecule has 1 unspecified atom stereocenters. The first-order valence-corrected chi connectivity index (χ1v) is 8.16. The van der Waals surface area contributed by atoms with Crippen molar-refractivity contribution in [2.75, 3.05) is 6.54 Å². The van der Waals surface area contributed by atoms with Crippen LogP contribution in [-0.4, -0.2) is 22.3 Å². The van der Waals surface area contributed by atoms with Crippen LogP contribution < -0.4 is 0 Å². The summed E-state index contributed by atoms with van der Waals surface area (Å²) in [5.41, 5.74) is 2.00. The Kier molecular flexibility index (Phi) is 3.83. The summed E-state index contributed by atoms with van der Waals surface area (Å²) in [6, 6.07) is 6.18. The number of hydrogen-bond acceptors (Lipinski definition) is 3. The van der Waals surface area contributed by atoms with E-state index in [9.17, 15) is 4.79 Å². The summed E-state index contributed by atoms with van der Waals surface area (Å²) < 4.78 is 1.15. The Labute approximate surface area is 129 Å². The molecule has 1 aliphatic heterocycles. The molecule has 1 aliphatic rings. The van der Waals surface area contributed by atoms with Gasteiger partial charge in [0.1, 0.15) is 0 Å². The largest absolute Gasteiger partial charge is 0.332 e. The predicted molar refractivity (Wildman–Crippen MR) is 84.3 cm³/mol. The lowest BCUT2D eigenvalue weighted by molar-refractivity contribution is 0.0736. The number of carbonyl (C=O) groups excluding carboxylic acids is 1. The Morgan fingerprint density at radius 1 is 1.42 bits per heavy atom. The van der Waals surface area contributed by atoms with E-state index < -0.39 is 0 Å². The summed E-state index contributed by atoms with van der Waals surface area (Å²) in [5.74, 6) is 0.151. The van der Waals surface area contributed by atoms with Gasteiger partial charge in [0, 0.05) is 24.3 Å². The molecule has 0 aliphatic carbocycles. The van der Waals surface area contributed by atoms with Crippen molar-refractivity contribution in [1.29, 1.82) is 0 Å². The highest BCUT2D eigenvalue weighted by Crippen LogP contribution is 2.33. The number of likely N-dealkylation sites (tertiary alicyclic amines) is 1. The monoisotopic (exact) mass is 384 g/mol. The van der Waals surface area contributed by atoms with Gasteiger partial charge in [0.05, 0.1) is 14.5 Å². The van der Waals surface area contributed by atoms with E-state index in [0.29, 0.717) is 0 Å². The minimum Gasteiger partial charge on any atom is -0.332 e. The van der Waals surface area contributed by atoms with E-state index in [-0.39, 0.29) is 11.9 Å². The molecular weight excluding hydrogens is 371 g/mol. The molecule has 0 radical (unpaired) electrons. The van der Waals surface area contributed by atoms with Crippen molar-refractivity contribution in [3.05, 3.63) is 50.0 Å². The van der Waals surface area contributed by atoms with Gasteiger partial charge >= 0.3 is 0 Å². The molecule has 1 amide bonds. The van der Waals surface area contributed by atoms with Crippen LogP contribution in [0.1, 0.15) is 34.8 Å². The molecule has 1 saturated heterocycles. The second-order valence-electron chi connectivity index (χ2n) is 4.58. The van der Waals surface area contributed by atoms with Gasteiger partial charge in [-0.15, -0.1) is 11.3 Å². The quantitative estimate of drug-likeness (QED) is 0.740. The topological polar surface area (TPSA) is 33.2 Å². The van der Waals surface area contributed by atoms with Gasteiger partial charge in [0.2, 0.25) is 0 Å². The fourth-order valence-corrected chi connectivity index (χ4v) is 3.85. The first-order chi connectivity index (χ1) is 9.25. The molecule has 5 heteroatoms. The minimum absolute atomic E-state index is 0.151. The summed E-state index contributed by atoms with van der Waals surface area (Å²) in [7, 11) is 0. The van der Waals surface area contributed by atoms with Crippen molar-refractivity contribution in [2.24, 2.45) is 0 Å². The van der Waals surface area contributed by atoms with Crippen molar-refractivity contribution in [2.45, 2.75) is 18.9 Å². The van der Waals surface area contributed by atoms with E-state index in [4.69, 9.17) is 0 Å². The van der Waals surface area contributed by atoms with Crippen LogP contribution in [-0.2, 0) is 0 Å². The van der Waals surface area contributed by atoms with Crippen molar-refractivity contribution < 1.29 is 4.79 Å². The van der Waals surface area contributed by atoms with Crippen LogP contribution in [0.25, 0.3) is 0 Å². The number of amides is 1. The normalized spacial score (nSPS) is 18.8. The smallest absolute Gasteiger partial charge is 0.255 e. The van der Waals surface area contributed by atoms with Gasteiger partial charge in [-0.05, 0) is 59.2 Å². The number of carbonyl (C=O) groups is 1. The Bertz CT molecular complexity index is 584. The number of hydrogen-bond donors (Lipinski definition) is 0. The molecule has 2 aromatic rings. The third kappa shape index (κ3) is 2.67. The van der Waals surface area contributed by atoms with Gasteiger partial charge in [-0.1, -0.05) is 0 Å². The highest BCUT2D eigenvalue weighted by atomic mass is 127. The molecule has 0 aromatic carbocycles. The number of thiophene rings is 1. The summed E-state index contributed by atoms with van der Waals surface area (Å²) >= 11 is 3.87. The Hall–Kier alpha value is -0.950. The highest BCUT2D eigenvalue weighted by Gasteiger charge is 2.30. The number of aromatic nitrogens is 1. The fourth-order valence-electron chi connectivity index (χ4n) is 2.53. The van der Waals surface area contributed by atoms with Gasteiger partial charge in [-0.25, -0.2) is 0 Å². The van der Waals surface area contributed by atoms with Crippen LogP contribution >= 0.6 is 33.9 Å². The molecule has 3 rings (SSSR count). The third-order valence-corrected chi connectivity index (χ3v) is 5.21. The standard InChI is InChI=1S/C14H13IN2OS/c15-13-8-11(9-19-13)14(18)17-7-1-2-12(17)10-3-5-16-6-4-10/h3-6,8-9,12H,1-2,7H2. The first kappa shape index (κ1) is 13.1. The molecule has 1 fully saturated rings. The van der Waals surface area contributed by atoms with Crippen LogP contribution in [0.2, 0.25) is 0 Å². The van der Waals surface area contributed by atoms with Gasteiger partial charge in [0.15, 0.2) is 0 Å². The molecule has 3 nitrogen and oxygen atoms in total. The van der Waals surface area contributed by atoms with Crippen LogP contribution in [0.3, 0.4) is 0 Å². The number of rotatable bonds is 2. The molecule has 1 atom stereocenters. The van der Waals surface area contributed by atoms with Gasteiger partial charge in [-0.2, -0.15) is 0 Å². The molecule has 19 heavy (non-hydrogen) atoms. The second-order valence-corrected chi connectivity index (χ2v) is 7.38. The second kappa shape index (κ2) is 5.58. The lowest BCUT2D eigenvalue weighted by Gasteiger charge is -2.24. The average molecular weight is 384 g/mol. The molecular formula is C14H13IN2OS. The van der Waals surface area contributed by atoms with Crippen LogP contribution in [0.5, 0.6) is 0 Å². The average Bonchev–Trinajstić information content (AvgIpc) is 3.07. The molecule has 0 N–H and O–H groups in total. The highest BCUT2D eigenvalue weighted by molar-refractivity contribution is 14.1. The van der Waals surface area contributed by atoms with E-state index in [0.717, 1.165) is 27.8 Å². The maximum atomic E-state index is 12.6. The summed E-state index contributed by atoms with van der Waals surface area (Å²) in [6.45, 7) is 0.845. The van der Waals surface area contributed by atoms with Crippen LogP contribution in [0.4, 0.5) is 0 Å². The Morgan fingerprint density at radius 3 is 2.89 bits per heavy atom.